The zero-order valence-electron chi connectivity index (χ0n) is 15.9. The van der Waals surface area contributed by atoms with Crippen LogP contribution >= 0.6 is 11.6 Å². The molecule has 6 heteroatoms. The lowest BCUT2D eigenvalue weighted by atomic mass is 10.1. The van der Waals surface area contributed by atoms with Gasteiger partial charge in [0.1, 0.15) is 5.75 Å². The topological polar surface area (TPSA) is 64.6 Å². The zero-order chi connectivity index (χ0) is 20.6. The number of benzene rings is 3. The first-order chi connectivity index (χ1) is 14.0. The van der Waals surface area contributed by atoms with Crippen LogP contribution in [0.25, 0.3) is 11.1 Å². The Hall–Kier alpha value is -3.31. The van der Waals surface area contributed by atoms with Crippen LogP contribution in [0, 0.1) is 6.92 Å². The summed E-state index contributed by atoms with van der Waals surface area (Å²) < 4.78 is 10.6. The van der Waals surface area contributed by atoms with Crippen LogP contribution in [0.4, 0.5) is 5.69 Å². The molecule has 0 bridgehead atoms. The standard InChI is InChI=1S/C23H20ClNO4/c1-16-11-12-20(19(24)13-16)25-22(26)14-29-23(27)15-28-21-10-6-5-9-18(21)17-7-3-2-4-8-17/h2-13H,14-15H2,1H3,(H,25,26). The molecule has 1 amide bonds. The number of rotatable bonds is 7. The van der Waals surface area contributed by atoms with E-state index in [0.717, 1.165) is 16.7 Å². The molecule has 0 unspecified atom stereocenters. The van der Waals surface area contributed by atoms with E-state index in [2.05, 4.69) is 5.32 Å². The fourth-order valence-corrected chi connectivity index (χ4v) is 2.96. The molecule has 0 aliphatic heterocycles. The fourth-order valence-electron chi connectivity index (χ4n) is 2.68. The Bertz CT molecular complexity index is 1000. The Morgan fingerprint density at radius 3 is 2.41 bits per heavy atom. The molecule has 1 N–H and O–H groups in total. The Kier molecular flexibility index (Phi) is 6.87. The van der Waals surface area contributed by atoms with Crippen LogP contribution in [-0.2, 0) is 14.3 Å². The van der Waals surface area contributed by atoms with Crippen molar-refractivity contribution < 1.29 is 19.1 Å². The average Bonchev–Trinajstić information content (AvgIpc) is 2.73. The molecule has 0 saturated heterocycles. The first-order valence-electron chi connectivity index (χ1n) is 9.02. The molecule has 0 aliphatic rings. The smallest absolute Gasteiger partial charge is 0.344 e. The van der Waals surface area contributed by atoms with Crippen molar-refractivity contribution in [3.8, 4) is 16.9 Å². The predicted octanol–water partition coefficient (Wildman–Crippen LogP) is 4.88. The van der Waals surface area contributed by atoms with Gasteiger partial charge >= 0.3 is 5.97 Å². The maximum atomic E-state index is 12.0. The number of hydrogen-bond acceptors (Lipinski definition) is 4. The largest absolute Gasteiger partial charge is 0.481 e. The molecule has 5 nitrogen and oxygen atoms in total. The number of para-hydroxylation sites is 1. The average molecular weight is 410 g/mol. The van der Waals surface area contributed by atoms with E-state index in [0.29, 0.717) is 16.5 Å². The second-order valence-electron chi connectivity index (χ2n) is 6.34. The molecular weight excluding hydrogens is 390 g/mol. The highest BCUT2D eigenvalue weighted by molar-refractivity contribution is 6.33. The number of halogens is 1. The summed E-state index contributed by atoms with van der Waals surface area (Å²) in [5.41, 5.74) is 3.29. The van der Waals surface area contributed by atoms with Gasteiger partial charge in [-0.2, -0.15) is 0 Å². The molecule has 148 valence electrons. The first kappa shape index (κ1) is 20.4. The van der Waals surface area contributed by atoms with E-state index < -0.39 is 18.5 Å². The second kappa shape index (κ2) is 9.75. The summed E-state index contributed by atoms with van der Waals surface area (Å²) in [6.45, 7) is 1.17. The summed E-state index contributed by atoms with van der Waals surface area (Å²) in [6.07, 6.45) is 0. The number of carbonyl (C=O) groups excluding carboxylic acids is 2. The SMILES string of the molecule is Cc1ccc(NC(=O)COC(=O)COc2ccccc2-c2ccccc2)c(Cl)c1. The van der Waals surface area contributed by atoms with E-state index >= 15 is 0 Å². The van der Waals surface area contributed by atoms with E-state index in [1.165, 1.54) is 0 Å². The third-order valence-electron chi connectivity index (χ3n) is 4.08. The van der Waals surface area contributed by atoms with Crippen molar-refractivity contribution in [3.63, 3.8) is 0 Å². The molecule has 0 radical (unpaired) electrons. The quantitative estimate of drug-likeness (QED) is 0.565. The van der Waals surface area contributed by atoms with Crippen molar-refractivity contribution >= 4 is 29.2 Å². The highest BCUT2D eigenvalue weighted by atomic mass is 35.5. The van der Waals surface area contributed by atoms with Crippen molar-refractivity contribution in [2.45, 2.75) is 6.92 Å². The van der Waals surface area contributed by atoms with Crippen molar-refractivity contribution in [2.75, 3.05) is 18.5 Å². The molecule has 0 fully saturated rings. The molecule has 3 aromatic rings. The molecule has 3 aromatic carbocycles. The molecule has 0 saturated carbocycles. The van der Waals surface area contributed by atoms with Crippen molar-refractivity contribution in [2.24, 2.45) is 0 Å². The third-order valence-corrected chi connectivity index (χ3v) is 4.39. The summed E-state index contributed by atoms with van der Waals surface area (Å²) >= 11 is 6.08. The van der Waals surface area contributed by atoms with E-state index in [-0.39, 0.29) is 6.61 Å². The van der Waals surface area contributed by atoms with Gasteiger partial charge in [-0.15, -0.1) is 0 Å². The summed E-state index contributed by atoms with van der Waals surface area (Å²) in [5.74, 6) is -0.557. The minimum atomic E-state index is -0.641. The first-order valence-corrected chi connectivity index (χ1v) is 9.39. The maximum absolute atomic E-state index is 12.0. The van der Waals surface area contributed by atoms with Crippen LogP contribution in [0.15, 0.2) is 72.8 Å². The molecule has 0 atom stereocenters. The Balaban J connectivity index is 1.51. The summed E-state index contributed by atoms with van der Waals surface area (Å²) in [6, 6.07) is 22.4. The van der Waals surface area contributed by atoms with Gasteiger partial charge < -0.3 is 14.8 Å². The molecule has 0 aromatic heterocycles. The van der Waals surface area contributed by atoms with E-state index in [1.807, 2.05) is 61.5 Å². The van der Waals surface area contributed by atoms with E-state index in [4.69, 9.17) is 21.1 Å². The summed E-state index contributed by atoms with van der Waals surface area (Å²) in [7, 11) is 0. The summed E-state index contributed by atoms with van der Waals surface area (Å²) in [5, 5.41) is 3.03. The van der Waals surface area contributed by atoms with Gasteiger partial charge in [-0.3, -0.25) is 4.79 Å². The Morgan fingerprint density at radius 2 is 1.66 bits per heavy atom. The molecule has 0 heterocycles. The highest BCUT2D eigenvalue weighted by Gasteiger charge is 2.12. The predicted molar refractivity (Wildman–Crippen MR) is 113 cm³/mol. The highest BCUT2D eigenvalue weighted by Crippen LogP contribution is 2.29. The number of hydrogen-bond donors (Lipinski definition) is 1. The van der Waals surface area contributed by atoms with E-state index in [1.54, 1.807) is 18.2 Å². The van der Waals surface area contributed by atoms with Gasteiger partial charge in [0, 0.05) is 5.56 Å². The van der Waals surface area contributed by atoms with Gasteiger partial charge in [-0.05, 0) is 36.2 Å². The third kappa shape index (κ3) is 5.83. The van der Waals surface area contributed by atoms with Crippen LogP contribution in [0.2, 0.25) is 5.02 Å². The monoisotopic (exact) mass is 409 g/mol. The Labute approximate surface area is 174 Å². The van der Waals surface area contributed by atoms with Crippen LogP contribution in [0.1, 0.15) is 5.56 Å². The molecule has 0 aliphatic carbocycles. The van der Waals surface area contributed by atoms with Crippen LogP contribution in [-0.4, -0.2) is 25.1 Å². The number of carbonyl (C=O) groups is 2. The van der Waals surface area contributed by atoms with Gasteiger partial charge in [0.25, 0.3) is 5.91 Å². The second-order valence-corrected chi connectivity index (χ2v) is 6.75. The van der Waals surface area contributed by atoms with Gasteiger partial charge in [0.2, 0.25) is 0 Å². The molecule has 0 spiro atoms. The maximum Gasteiger partial charge on any atom is 0.344 e. The van der Waals surface area contributed by atoms with Gasteiger partial charge in [0.05, 0.1) is 10.7 Å². The molecule has 29 heavy (non-hydrogen) atoms. The fraction of sp³-hybridized carbons (Fsp3) is 0.130. The lowest BCUT2D eigenvalue weighted by Gasteiger charge is -2.12. The van der Waals surface area contributed by atoms with Gasteiger partial charge in [0.15, 0.2) is 13.2 Å². The molecular formula is C23H20ClNO4. The lowest BCUT2D eigenvalue weighted by Crippen LogP contribution is -2.23. The van der Waals surface area contributed by atoms with Crippen LogP contribution in [0.3, 0.4) is 0 Å². The number of amides is 1. The number of esters is 1. The Morgan fingerprint density at radius 1 is 0.931 bits per heavy atom. The number of nitrogens with one attached hydrogen (secondary N) is 1. The van der Waals surface area contributed by atoms with E-state index in [9.17, 15) is 9.59 Å². The normalized spacial score (nSPS) is 10.3. The zero-order valence-corrected chi connectivity index (χ0v) is 16.6. The minimum Gasteiger partial charge on any atom is -0.481 e. The lowest BCUT2D eigenvalue weighted by molar-refractivity contribution is -0.149. The van der Waals surface area contributed by atoms with Crippen molar-refractivity contribution in [1.29, 1.82) is 0 Å². The molecule has 3 rings (SSSR count). The summed E-state index contributed by atoms with van der Waals surface area (Å²) in [4.78, 5) is 24.0. The van der Waals surface area contributed by atoms with Crippen LogP contribution < -0.4 is 10.1 Å². The number of ether oxygens (including phenoxy) is 2. The number of anilines is 1. The number of aryl methyl sites for hydroxylation is 1. The van der Waals surface area contributed by atoms with Gasteiger partial charge in [-0.1, -0.05) is 66.2 Å². The minimum absolute atomic E-state index is 0.303. The van der Waals surface area contributed by atoms with Crippen LogP contribution in [0.5, 0.6) is 5.75 Å². The van der Waals surface area contributed by atoms with Crippen molar-refractivity contribution in [1.82, 2.24) is 0 Å². The van der Waals surface area contributed by atoms with Crippen molar-refractivity contribution in [3.05, 3.63) is 83.4 Å². The van der Waals surface area contributed by atoms with Gasteiger partial charge in [-0.25, -0.2) is 4.79 Å².